The molecular weight excluding hydrogens is 384 g/mol. The van der Waals surface area contributed by atoms with Gasteiger partial charge in [-0.3, -0.25) is 14.9 Å². The van der Waals surface area contributed by atoms with Crippen LogP contribution in [0.4, 0.5) is 0 Å². The van der Waals surface area contributed by atoms with Gasteiger partial charge in [-0.2, -0.15) is 15.3 Å². The molecule has 3 rings (SSSR count). The monoisotopic (exact) mass is 442 g/mol. The highest BCUT2D eigenvalue weighted by Gasteiger charge is 1.74. The van der Waals surface area contributed by atoms with E-state index in [1.165, 1.54) is 5.56 Å². The van der Waals surface area contributed by atoms with Crippen molar-refractivity contribution in [3.8, 4) is 0 Å². The number of nitrogens with zero attached hydrogens (tertiary/aromatic N) is 4. The van der Waals surface area contributed by atoms with E-state index in [1.54, 1.807) is 23.3 Å². The molecule has 0 saturated carbocycles. The molecule has 0 spiro atoms. The van der Waals surface area contributed by atoms with Crippen LogP contribution in [-0.2, 0) is 7.05 Å². The summed E-state index contributed by atoms with van der Waals surface area (Å²) in [5.74, 6) is 0. The SMILES string of the molecule is C.CC.CC.CC.CC.CC.CC.Cc1ccn[nH]1.Cc1cn[nH]c1.Cn1cccn1. The van der Waals surface area contributed by atoms with Crippen LogP contribution in [0.3, 0.4) is 0 Å². The van der Waals surface area contributed by atoms with Gasteiger partial charge in [-0.05, 0) is 31.5 Å². The molecular formula is C25H58N6. The van der Waals surface area contributed by atoms with Crippen molar-refractivity contribution < 1.29 is 0 Å². The number of nitrogens with one attached hydrogen (secondary N) is 2. The maximum absolute atomic E-state index is 3.83. The second kappa shape index (κ2) is 56.5. The Balaban J connectivity index is -0.0000000445. The first-order valence-electron chi connectivity index (χ1n) is 11.5. The summed E-state index contributed by atoms with van der Waals surface area (Å²) < 4.78 is 1.75. The molecule has 0 unspecified atom stereocenters. The molecule has 0 radical (unpaired) electrons. The van der Waals surface area contributed by atoms with Gasteiger partial charge in [-0.1, -0.05) is 90.5 Å². The normalized spacial score (nSPS) is 6.29. The maximum Gasteiger partial charge on any atom is 0.0516 e. The van der Waals surface area contributed by atoms with Gasteiger partial charge in [-0.15, -0.1) is 0 Å². The van der Waals surface area contributed by atoms with Gasteiger partial charge in [0, 0.05) is 37.5 Å². The number of hydrogen-bond donors (Lipinski definition) is 2. The fraction of sp³-hybridized carbons (Fsp3) is 0.640. The largest absolute Gasteiger partial charge is 0.285 e. The van der Waals surface area contributed by atoms with Crippen molar-refractivity contribution in [1.29, 1.82) is 0 Å². The van der Waals surface area contributed by atoms with E-state index in [0.717, 1.165) is 5.69 Å². The quantitative estimate of drug-likeness (QED) is 0.365. The van der Waals surface area contributed by atoms with Crippen molar-refractivity contribution >= 4 is 0 Å². The average molecular weight is 443 g/mol. The molecule has 3 heterocycles. The van der Waals surface area contributed by atoms with E-state index in [-0.39, 0.29) is 7.43 Å². The third-order valence-corrected chi connectivity index (χ3v) is 1.91. The van der Waals surface area contributed by atoms with E-state index < -0.39 is 0 Å². The number of H-pyrrole nitrogens is 2. The van der Waals surface area contributed by atoms with Gasteiger partial charge < -0.3 is 0 Å². The lowest BCUT2D eigenvalue weighted by Crippen LogP contribution is -1.83. The Hall–Kier alpha value is -2.37. The molecule has 0 amide bonds. The molecule has 6 nitrogen and oxygen atoms in total. The van der Waals surface area contributed by atoms with E-state index in [2.05, 4.69) is 25.5 Å². The summed E-state index contributed by atoms with van der Waals surface area (Å²) in [6.45, 7) is 28.0. The van der Waals surface area contributed by atoms with Gasteiger partial charge in [0.15, 0.2) is 0 Å². The van der Waals surface area contributed by atoms with Crippen LogP contribution in [0, 0.1) is 13.8 Å². The lowest BCUT2D eigenvalue weighted by Gasteiger charge is -1.77. The summed E-state index contributed by atoms with van der Waals surface area (Å²) in [7, 11) is 1.89. The molecule has 0 aliphatic heterocycles. The molecule has 2 N–H and O–H groups in total. The zero-order chi connectivity index (χ0) is 25.2. The Kier molecular flexibility index (Phi) is 85.1. The van der Waals surface area contributed by atoms with Crippen molar-refractivity contribution in [3.05, 3.63) is 54.4 Å². The molecule has 0 fully saturated rings. The van der Waals surface area contributed by atoms with E-state index >= 15 is 0 Å². The number of aromatic amines is 2. The molecule has 0 aliphatic carbocycles. The molecule has 188 valence electrons. The predicted molar refractivity (Wildman–Crippen MR) is 145 cm³/mol. The fourth-order valence-corrected chi connectivity index (χ4v) is 0.986. The third-order valence-electron chi connectivity index (χ3n) is 1.91. The van der Waals surface area contributed by atoms with E-state index in [4.69, 9.17) is 0 Å². The minimum atomic E-state index is 0. The highest BCUT2D eigenvalue weighted by molar-refractivity contribution is 4.96. The standard InChI is InChI=1S/3C4H6N2.6C2H6.CH4/c1-4-2-5-6-3-4;1-6-4-2-3-5-6;1-4-2-3-5-6-4;6*1-2;/h2-3H,1H3,(H,5,6);2-4H,1H3;2-3H,1H3,(H,5,6);6*1-2H3;1H4. The highest BCUT2D eigenvalue weighted by Crippen LogP contribution is 1.84. The van der Waals surface area contributed by atoms with Crippen LogP contribution in [0.25, 0.3) is 0 Å². The Morgan fingerprint density at radius 2 is 1.23 bits per heavy atom. The van der Waals surface area contributed by atoms with Crippen LogP contribution in [-0.4, -0.2) is 30.2 Å². The van der Waals surface area contributed by atoms with Gasteiger partial charge >= 0.3 is 0 Å². The Bertz CT molecular complexity index is 409. The zero-order valence-corrected chi connectivity index (χ0v) is 22.8. The minimum Gasteiger partial charge on any atom is -0.285 e. The fourth-order valence-electron chi connectivity index (χ4n) is 0.986. The number of rotatable bonds is 0. The molecule has 0 bridgehead atoms. The van der Waals surface area contributed by atoms with Crippen LogP contribution in [0.15, 0.2) is 43.1 Å². The first-order valence-corrected chi connectivity index (χ1v) is 11.5. The van der Waals surface area contributed by atoms with Gasteiger partial charge in [0.2, 0.25) is 0 Å². The van der Waals surface area contributed by atoms with Crippen LogP contribution >= 0.6 is 0 Å². The van der Waals surface area contributed by atoms with E-state index in [0.29, 0.717) is 0 Å². The van der Waals surface area contributed by atoms with Crippen LogP contribution < -0.4 is 0 Å². The van der Waals surface area contributed by atoms with E-state index in [1.807, 2.05) is 129 Å². The molecule has 0 saturated heterocycles. The number of aromatic nitrogens is 6. The first kappa shape index (κ1) is 46.7. The summed E-state index contributed by atoms with van der Waals surface area (Å²) >= 11 is 0. The lowest BCUT2D eigenvalue weighted by atomic mass is 10.4. The molecule has 31 heavy (non-hydrogen) atoms. The summed E-state index contributed by atoms with van der Waals surface area (Å²) in [5.41, 5.74) is 2.28. The van der Waals surface area contributed by atoms with Crippen LogP contribution in [0.5, 0.6) is 0 Å². The summed E-state index contributed by atoms with van der Waals surface area (Å²) in [4.78, 5) is 0. The van der Waals surface area contributed by atoms with Crippen molar-refractivity contribution in [3.63, 3.8) is 0 Å². The van der Waals surface area contributed by atoms with E-state index in [9.17, 15) is 0 Å². The molecule has 6 heteroatoms. The zero-order valence-electron chi connectivity index (χ0n) is 22.8. The van der Waals surface area contributed by atoms with Gasteiger partial charge in [0.05, 0.1) is 6.20 Å². The van der Waals surface area contributed by atoms with Crippen molar-refractivity contribution in [1.82, 2.24) is 30.2 Å². The van der Waals surface area contributed by atoms with Gasteiger partial charge in [0.1, 0.15) is 0 Å². The Morgan fingerprint density at radius 3 is 1.32 bits per heavy atom. The van der Waals surface area contributed by atoms with Crippen LogP contribution in [0.2, 0.25) is 0 Å². The Labute approximate surface area is 196 Å². The Morgan fingerprint density at radius 1 is 0.742 bits per heavy atom. The molecule has 0 aliphatic rings. The topological polar surface area (TPSA) is 75.2 Å². The maximum atomic E-state index is 3.83. The number of aryl methyl sites for hydroxylation is 3. The first-order chi connectivity index (χ1) is 14.7. The molecule has 3 aromatic rings. The third kappa shape index (κ3) is 52.3. The smallest absolute Gasteiger partial charge is 0.0516 e. The highest BCUT2D eigenvalue weighted by atomic mass is 15.2. The summed E-state index contributed by atoms with van der Waals surface area (Å²) in [6, 6.07) is 3.81. The van der Waals surface area contributed by atoms with Crippen LogP contribution in [0.1, 0.15) is 102 Å². The summed E-state index contributed by atoms with van der Waals surface area (Å²) in [6.07, 6.45) is 9.00. The summed E-state index contributed by atoms with van der Waals surface area (Å²) in [5, 5.41) is 16.7. The number of hydrogen-bond acceptors (Lipinski definition) is 3. The van der Waals surface area contributed by atoms with Crippen molar-refractivity contribution in [2.45, 2.75) is 104 Å². The predicted octanol–water partition coefficient (Wildman–Crippen LogP) is 8.65. The molecule has 0 aromatic carbocycles. The molecule has 3 aromatic heterocycles. The average Bonchev–Trinajstić information content (AvgIpc) is 3.63. The second-order valence-corrected chi connectivity index (χ2v) is 3.70. The lowest BCUT2D eigenvalue weighted by molar-refractivity contribution is 0.768. The molecule has 0 atom stereocenters. The van der Waals surface area contributed by atoms with Crippen molar-refractivity contribution in [2.75, 3.05) is 0 Å². The van der Waals surface area contributed by atoms with Crippen molar-refractivity contribution in [2.24, 2.45) is 7.05 Å². The minimum absolute atomic E-state index is 0. The van der Waals surface area contributed by atoms with Gasteiger partial charge in [-0.25, -0.2) is 0 Å². The van der Waals surface area contributed by atoms with Gasteiger partial charge in [0.25, 0.3) is 0 Å². The second-order valence-electron chi connectivity index (χ2n) is 3.70.